The fraction of sp³-hybridized carbons (Fsp3) is 0.714. The van der Waals surface area contributed by atoms with Crippen molar-refractivity contribution in [2.75, 3.05) is 24.3 Å². The molecule has 100 valence electrons. The molecule has 2 rings (SSSR count). The molecular formula is C14H24N4. The molecular weight excluding hydrogens is 224 g/mol. The van der Waals surface area contributed by atoms with Crippen LogP contribution in [0.3, 0.4) is 0 Å². The zero-order valence-electron chi connectivity index (χ0n) is 11.9. The molecule has 1 fully saturated rings. The van der Waals surface area contributed by atoms with Crippen molar-refractivity contribution in [3.8, 4) is 0 Å². The summed E-state index contributed by atoms with van der Waals surface area (Å²) >= 11 is 0. The van der Waals surface area contributed by atoms with Crippen molar-refractivity contribution in [3.63, 3.8) is 0 Å². The fourth-order valence-corrected chi connectivity index (χ4v) is 2.50. The molecule has 0 unspecified atom stereocenters. The van der Waals surface area contributed by atoms with Crippen LogP contribution in [0, 0.1) is 0 Å². The SMILES string of the molecule is CNc1cc(N(C)C2CCCC2)nc(C(C)C)n1. The second-order valence-electron chi connectivity index (χ2n) is 5.42. The average Bonchev–Trinajstić information content (AvgIpc) is 2.91. The topological polar surface area (TPSA) is 41.0 Å². The Morgan fingerprint density at radius 3 is 2.50 bits per heavy atom. The fourth-order valence-electron chi connectivity index (χ4n) is 2.50. The lowest BCUT2D eigenvalue weighted by Gasteiger charge is -2.26. The Morgan fingerprint density at radius 1 is 1.28 bits per heavy atom. The molecule has 18 heavy (non-hydrogen) atoms. The first-order valence-corrected chi connectivity index (χ1v) is 6.91. The number of rotatable bonds is 4. The highest BCUT2D eigenvalue weighted by Crippen LogP contribution is 2.27. The van der Waals surface area contributed by atoms with E-state index < -0.39 is 0 Å². The van der Waals surface area contributed by atoms with Crippen molar-refractivity contribution in [1.29, 1.82) is 0 Å². The predicted molar refractivity (Wildman–Crippen MR) is 76.3 cm³/mol. The maximum Gasteiger partial charge on any atom is 0.135 e. The van der Waals surface area contributed by atoms with E-state index in [-0.39, 0.29) is 0 Å². The van der Waals surface area contributed by atoms with Crippen molar-refractivity contribution in [3.05, 3.63) is 11.9 Å². The van der Waals surface area contributed by atoms with Crippen LogP contribution in [0.5, 0.6) is 0 Å². The summed E-state index contributed by atoms with van der Waals surface area (Å²) in [7, 11) is 4.06. The first kappa shape index (κ1) is 13.1. The molecule has 4 nitrogen and oxygen atoms in total. The highest BCUT2D eigenvalue weighted by Gasteiger charge is 2.21. The van der Waals surface area contributed by atoms with E-state index in [0.717, 1.165) is 17.5 Å². The summed E-state index contributed by atoms with van der Waals surface area (Å²) < 4.78 is 0. The van der Waals surface area contributed by atoms with Crippen LogP contribution in [0.4, 0.5) is 11.6 Å². The molecule has 1 aromatic rings. The lowest BCUT2D eigenvalue weighted by atomic mass is 10.2. The van der Waals surface area contributed by atoms with E-state index in [0.29, 0.717) is 12.0 Å². The molecule has 0 aliphatic heterocycles. The molecule has 4 heteroatoms. The quantitative estimate of drug-likeness (QED) is 0.889. The molecule has 0 bridgehead atoms. The average molecular weight is 248 g/mol. The predicted octanol–water partition coefficient (Wildman–Crippen LogP) is 3.02. The number of anilines is 2. The smallest absolute Gasteiger partial charge is 0.135 e. The van der Waals surface area contributed by atoms with Gasteiger partial charge in [-0.1, -0.05) is 26.7 Å². The van der Waals surface area contributed by atoms with Crippen LogP contribution in [0.15, 0.2) is 6.07 Å². The standard InChI is InChI=1S/C14H24N4/c1-10(2)14-16-12(15-3)9-13(17-14)18(4)11-7-5-6-8-11/h9-11H,5-8H2,1-4H3,(H,15,16,17). The maximum atomic E-state index is 4.70. The van der Waals surface area contributed by atoms with Crippen LogP contribution < -0.4 is 10.2 Å². The Balaban J connectivity index is 2.27. The Labute approximate surface area is 110 Å². The van der Waals surface area contributed by atoms with Crippen LogP contribution >= 0.6 is 0 Å². The Hall–Kier alpha value is -1.32. The first-order chi connectivity index (χ1) is 8.61. The third-order valence-corrected chi connectivity index (χ3v) is 3.74. The Bertz CT molecular complexity index is 397. The number of aromatic nitrogens is 2. The van der Waals surface area contributed by atoms with E-state index in [2.05, 4.69) is 36.1 Å². The number of hydrogen-bond acceptors (Lipinski definition) is 4. The summed E-state index contributed by atoms with van der Waals surface area (Å²) in [6.07, 6.45) is 5.25. The summed E-state index contributed by atoms with van der Waals surface area (Å²) in [4.78, 5) is 11.5. The molecule has 1 N–H and O–H groups in total. The molecule has 0 saturated heterocycles. The second kappa shape index (κ2) is 5.55. The minimum atomic E-state index is 0.356. The molecule has 1 aromatic heterocycles. The van der Waals surface area contributed by atoms with Crippen molar-refractivity contribution >= 4 is 11.6 Å². The molecule has 1 heterocycles. The van der Waals surface area contributed by atoms with Crippen LogP contribution in [-0.4, -0.2) is 30.1 Å². The summed E-state index contributed by atoms with van der Waals surface area (Å²) in [5.74, 6) is 3.23. The molecule has 0 atom stereocenters. The van der Waals surface area contributed by atoms with Gasteiger partial charge in [0.05, 0.1) is 0 Å². The van der Waals surface area contributed by atoms with Crippen molar-refractivity contribution in [2.24, 2.45) is 0 Å². The van der Waals surface area contributed by atoms with Gasteiger partial charge < -0.3 is 10.2 Å². The van der Waals surface area contributed by atoms with Crippen molar-refractivity contribution in [1.82, 2.24) is 9.97 Å². The van der Waals surface area contributed by atoms with Gasteiger partial charge in [0.15, 0.2) is 0 Å². The second-order valence-corrected chi connectivity index (χ2v) is 5.42. The molecule has 0 spiro atoms. The van der Waals surface area contributed by atoms with E-state index in [4.69, 9.17) is 4.98 Å². The molecule has 1 saturated carbocycles. The largest absolute Gasteiger partial charge is 0.373 e. The van der Waals surface area contributed by atoms with E-state index >= 15 is 0 Å². The first-order valence-electron chi connectivity index (χ1n) is 6.91. The highest BCUT2D eigenvalue weighted by atomic mass is 15.2. The van der Waals surface area contributed by atoms with Crippen LogP contribution in [0.2, 0.25) is 0 Å². The molecule has 0 amide bonds. The summed E-state index contributed by atoms with van der Waals surface area (Å²) in [6.45, 7) is 4.27. The molecule has 1 aliphatic rings. The van der Waals surface area contributed by atoms with Crippen molar-refractivity contribution < 1.29 is 0 Å². The zero-order chi connectivity index (χ0) is 13.1. The van der Waals surface area contributed by atoms with Gasteiger partial charge in [0.2, 0.25) is 0 Å². The van der Waals surface area contributed by atoms with E-state index in [1.807, 2.05) is 13.1 Å². The molecule has 0 radical (unpaired) electrons. The summed E-state index contributed by atoms with van der Waals surface area (Å²) in [5.41, 5.74) is 0. The third kappa shape index (κ3) is 2.74. The third-order valence-electron chi connectivity index (χ3n) is 3.74. The number of nitrogens with one attached hydrogen (secondary N) is 1. The lowest BCUT2D eigenvalue weighted by Crippen LogP contribution is -2.30. The van der Waals surface area contributed by atoms with Crippen LogP contribution in [-0.2, 0) is 0 Å². The van der Waals surface area contributed by atoms with Gasteiger partial charge in [-0.2, -0.15) is 0 Å². The summed E-state index contributed by atoms with van der Waals surface area (Å²) in [6, 6.07) is 2.69. The van der Waals surface area contributed by atoms with Gasteiger partial charge in [0.25, 0.3) is 0 Å². The van der Waals surface area contributed by atoms with Gasteiger partial charge >= 0.3 is 0 Å². The maximum absolute atomic E-state index is 4.70. The van der Waals surface area contributed by atoms with Gasteiger partial charge in [0.1, 0.15) is 17.5 Å². The van der Waals surface area contributed by atoms with Gasteiger partial charge in [-0.3, -0.25) is 0 Å². The lowest BCUT2D eigenvalue weighted by molar-refractivity contribution is 0.640. The van der Waals surface area contributed by atoms with Gasteiger partial charge in [0, 0.05) is 32.1 Å². The van der Waals surface area contributed by atoms with Gasteiger partial charge in [-0.05, 0) is 12.8 Å². The minimum Gasteiger partial charge on any atom is -0.373 e. The molecule has 1 aliphatic carbocycles. The van der Waals surface area contributed by atoms with Gasteiger partial charge in [-0.15, -0.1) is 0 Å². The summed E-state index contributed by atoms with van der Waals surface area (Å²) in [5, 5.41) is 3.13. The molecule has 0 aromatic carbocycles. The van der Waals surface area contributed by atoms with Crippen LogP contribution in [0.1, 0.15) is 51.3 Å². The van der Waals surface area contributed by atoms with E-state index in [1.165, 1.54) is 25.7 Å². The number of nitrogens with zero attached hydrogens (tertiary/aromatic N) is 3. The van der Waals surface area contributed by atoms with Crippen molar-refractivity contribution in [2.45, 2.75) is 51.5 Å². The Kier molecular flexibility index (Phi) is 4.04. The number of hydrogen-bond donors (Lipinski definition) is 1. The minimum absolute atomic E-state index is 0.356. The monoisotopic (exact) mass is 248 g/mol. The highest BCUT2D eigenvalue weighted by molar-refractivity contribution is 5.49. The Morgan fingerprint density at radius 2 is 1.94 bits per heavy atom. The van der Waals surface area contributed by atoms with Crippen LogP contribution in [0.25, 0.3) is 0 Å². The normalized spacial score (nSPS) is 16.3. The van der Waals surface area contributed by atoms with Gasteiger partial charge in [-0.25, -0.2) is 9.97 Å². The van der Waals surface area contributed by atoms with E-state index in [1.54, 1.807) is 0 Å². The zero-order valence-corrected chi connectivity index (χ0v) is 11.9. The van der Waals surface area contributed by atoms with E-state index in [9.17, 15) is 0 Å².